The summed E-state index contributed by atoms with van der Waals surface area (Å²) in [5.74, 6) is 2.59. The molecule has 28 heavy (non-hydrogen) atoms. The predicted octanol–water partition coefficient (Wildman–Crippen LogP) is 2.33. The fraction of sp³-hybridized carbons (Fsp3) is 0.600. The fourth-order valence-corrected chi connectivity index (χ4v) is 3.62. The monoisotopic (exact) mass is 385 g/mol. The number of piperidine rings is 1. The molecule has 4 heterocycles. The lowest BCUT2D eigenvalue weighted by atomic mass is 9.95. The summed E-state index contributed by atoms with van der Waals surface area (Å²) >= 11 is 0. The Kier molecular flexibility index (Phi) is 5.30. The second kappa shape index (κ2) is 7.87. The topological polar surface area (TPSA) is 84.6 Å². The third kappa shape index (κ3) is 3.73. The van der Waals surface area contributed by atoms with Gasteiger partial charge in [-0.25, -0.2) is 4.98 Å². The van der Waals surface area contributed by atoms with Crippen molar-refractivity contribution in [3.05, 3.63) is 24.2 Å². The highest BCUT2D eigenvalue weighted by Gasteiger charge is 2.28. The Morgan fingerprint density at radius 3 is 2.68 bits per heavy atom. The van der Waals surface area contributed by atoms with E-state index in [2.05, 4.69) is 20.0 Å². The molecule has 0 spiro atoms. The quantitative estimate of drug-likeness (QED) is 0.781. The molecule has 2 aliphatic heterocycles. The average molecular weight is 385 g/mol. The maximum atomic E-state index is 12.1. The van der Waals surface area contributed by atoms with Crippen molar-refractivity contribution in [2.45, 2.75) is 38.6 Å². The number of rotatable bonds is 5. The smallest absolute Gasteiger partial charge is 0.258 e. The van der Waals surface area contributed by atoms with Gasteiger partial charge in [0, 0.05) is 43.7 Å². The maximum absolute atomic E-state index is 12.1. The lowest BCUT2D eigenvalue weighted by molar-refractivity contribution is -0.135. The molecule has 0 saturated carbocycles. The molecule has 0 unspecified atom stereocenters. The highest BCUT2D eigenvalue weighted by Crippen LogP contribution is 2.29. The van der Waals surface area contributed by atoms with Crippen LogP contribution in [0.3, 0.4) is 0 Å². The van der Waals surface area contributed by atoms with E-state index in [0.29, 0.717) is 11.9 Å². The number of carbonyl (C=O) groups is 1. The molecule has 8 heteroatoms. The van der Waals surface area contributed by atoms with E-state index in [1.807, 2.05) is 37.9 Å². The van der Waals surface area contributed by atoms with Crippen LogP contribution in [0.1, 0.15) is 38.4 Å². The first kappa shape index (κ1) is 18.9. The van der Waals surface area contributed by atoms with Gasteiger partial charge < -0.3 is 19.1 Å². The van der Waals surface area contributed by atoms with Crippen molar-refractivity contribution in [3.8, 4) is 11.5 Å². The Morgan fingerprint density at radius 1 is 1.29 bits per heavy atom. The minimum atomic E-state index is 0.0406. The van der Waals surface area contributed by atoms with E-state index in [0.717, 1.165) is 56.4 Å². The van der Waals surface area contributed by atoms with Crippen LogP contribution in [0.15, 0.2) is 22.9 Å². The third-order valence-electron chi connectivity index (χ3n) is 5.63. The van der Waals surface area contributed by atoms with Crippen molar-refractivity contribution >= 4 is 11.7 Å². The van der Waals surface area contributed by atoms with E-state index in [1.54, 1.807) is 6.20 Å². The van der Waals surface area contributed by atoms with Crippen LogP contribution >= 0.6 is 0 Å². The van der Waals surface area contributed by atoms with Crippen LogP contribution in [0.2, 0.25) is 0 Å². The minimum Gasteiger partial charge on any atom is -0.377 e. The lowest BCUT2D eigenvalue weighted by Gasteiger charge is -2.35. The number of likely N-dealkylation sites (N-methyl/N-ethyl adjacent to an activating group) is 1. The average Bonchev–Trinajstić information content (AvgIpc) is 3.16. The Bertz CT molecular complexity index is 825. The van der Waals surface area contributed by atoms with E-state index in [1.165, 1.54) is 0 Å². The molecule has 1 amide bonds. The van der Waals surface area contributed by atoms with Crippen LogP contribution in [0.5, 0.6) is 0 Å². The normalized spacial score (nSPS) is 18.4. The van der Waals surface area contributed by atoms with Gasteiger partial charge in [-0.1, -0.05) is 19.0 Å². The van der Waals surface area contributed by atoms with Crippen molar-refractivity contribution in [3.63, 3.8) is 0 Å². The number of pyridine rings is 1. The fourth-order valence-electron chi connectivity index (χ4n) is 3.62. The molecule has 0 aromatic carbocycles. The number of nitrogens with zero attached hydrogens (tertiary/aromatic N) is 5. The number of ether oxygens (including phenoxy) is 1. The zero-order valence-corrected chi connectivity index (χ0v) is 16.7. The SMILES string of the molecule is CC(C)C(=O)N1CCC(c2noc(-c3ccnc(N(C)C4COC4)c3)n2)CC1. The largest absolute Gasteiger partial charge is 0.377 e. The van der Waals surface area contributed by atoms with Crippen molar-refractivity contribution in [2.75, 3.05) is 38.3 Å². The first-order chi connectivity index (χ1) is 13.5. The molecule has 4 rings (SSSR count). The van der Waals surface area contributed by atoms with Gasteiger partial charge >= 0.3 is 0 Å². The van der Waals surface area contributed by atoms with Gasteiger partial charge in [-0.2, -0.15) is 4.98 Å². The summed E-state index contributed by atoms with van der Waals surface area (Å²) in [5, 5.41) is 4.21. The minimum absolute atomic E-state index is 0.0406. The van der Waals surface area contributed by atoms with E-state index >= 15 is 0 Å². The Balaban J connectivity index is 1.43. The van der Waals surface area contributed by atoms with E-state index < -0.39 is 0 Å². The van der Waals surface area contributed by atoms with Crippen LogP contribution < -0.4 is 4.90 Å². The van der Waals surface area contributed by atoms with Gasteiger partial charge in [-0.05, 0) is 25.0 Å². The zero-order valence-electron chi connectivity index (χ0n) is 16.7. The zero-order chi connectivity index (χ0) is 19.7. The van der Waals surface area contributed by atoms with Crippen molar-refractivity contribution in [1.82, 2.24) is 20.0 Å². The second-order valence-corrected chi connectivity index (χ2v) is 7.92. The van der Waals surface area contributed by atoms with Gasteiger partial charge in [0.15, 0.2) is 5.82 Å². The molecule has 0 atom stereocenters. The first-order valence-corrected chi connectivity index (χ1v) is 9.92. The summed E-state index contributed by atoms with van der Waals surface area (Å²) in [6.45, 7) is 6.84. The maximum Gasteiger partial charge on any atom is 0.258 e. The third-order valence-corrected chi connectivity index (χ3v) is 5.63. The highest BCUT2D eigenvalue weighted by molar-refractivity contribution is 5.78. The number of anilines is 1. The van der Waals surface area contributed by atoms with Gasteiger partial charge in [-0.15, -0.1) is 0 Å². The molecule has 8 nitrogen and oxygen atoms in total. The van der Waals surface area contributed by atoms with Crippen LogP contribution in [0.4, 0.5) is 5.82 Å². The van der Waals surface area contributed by atoms with Crippen LogP contribution in [0, 0.1) is 5.92 Å². The number of amides is 1. The van der Waals surface area contributed by atoms with Crippen LogP contribution in [-0.4, -0.2) is 65.3 Å². The number of likely N-dealkylation sites (tertiary alicyclic amines) is 1. The van der Waals surface area contributed by atoms with Crippen molar-refractivity contribution in [2.24, 2.45) is 5.92 Å². The molecule has 150 valence electrons. The number of aromatic nitrogens is 3. The van der Waals surface area contributed by atoms with Gasteiger partial charge in [0.05, 0.1) is 19.3 Å². The Labute approximate surface area is 164 Å². The lowest BCUT2D eigenvalue weighted by Crippen LogP contribution is -2.47. The molecule has 2 aromatic heterocycles. The van der Waals surface area contributed by atoms with Crippen molar-refractivity contribution < 1.29 is 14.1 Å². The summed E-state index contributed by atoms with van der Waals surface area (Å²) in [6, 6.07) is 4.22. The molecule has 0 aliphatic carbocycles. The van der Waals surface area contributed by atoms with Crippen LogP contribution in [0.25, 0.3) is 11.5 Å². The molecule has 2 saturated heterocycles. The van der Waals surface area contributed by atoms with E-state index in [4.69, 9.17) is 9.26 Å². The number of hydrogen-bond donors (Lipinski definition) is 0. The standard InChI is InChI=1S/C20H27N5O3/c1-13(2)20(26)25-8-5-14(6-9-25)18-22-19(28-23-18)15-4-7-21-17(10-15)24(3)16-11-27-12-16/h4,7,10,13-14,16H,5-6,8-9,11-12H2,1-3H3. The summed E-state index contributed by atoms with van der Waals surface area (Å²) in [5.41, 5.74) is 0.864. The van der Waals surface area contributed by atoms with E-state index in [-0.39, 0.29) is 17.7 Å². The second-order valence-electron chi connectivity index (χ2n) is 7.92. The van der Waals surface area contributed by atoms with Crippen molar-refractivity contribution in [1.29, 1.82) is 0 Å². The molecule has 0 bridgehead atoms. The Morgan fingerprint density at radius 2 is 2.04 bits per heavy atom. The number of hydrogen-bond acceptors (Lipinski definition) is 7. The first-order valence-electron chi connectivity index (χ1n) is 9.92. The number of carbonyl (C=O) groups excluding carboxylic acids is 1. The summed E-state index contributed by atoms with van der Waals surface area (Å²) in [7, 11) is 2.02. The van der Waals surface area contributed by atoms with Crippen LogP contribution in [-0.2, 0) is 9.53 Å². The molecular formula is C20H27N5O3. The molecule has 2 aliphatic rings. The summed E-state index contributed by atoms with van der Waals surface area (Å²) in [4.78, 5) is 25.3. The van der Waals surface area contributed by atoms with Gasteiger partial charge in [0.2, 0.25) is 5.91 Å². The summed E-state index contributed by atoms with van der Waals surface area (Å²) < 4.78 is 10.8. The molecule has 2 aromatic rings. The Hall–Kier alpha value is -2.48. The summed E-state index contributed by atoms with van der Waals surface area (Å²) in [6.07, 6.45) is 3.49. The van der Waals surface area contributed by atoms with Gasteiger partial charge in [-0.3, -0.25) is 4.79 Å². The molecule has 0 N–H and O–H groups in total. The van der Waals surface area contributed by atoms with Gasteiger partial charge in [0.25, 0.3) is 5.89 Å². The predicted molar refractivity (Wildman–Crippen MR) is 104 cm³/mol. The molecular weight excluding hydrogens is 358 g/mol. The molecule has 2 fully saturated rings. The van der Waals surface area contributed by atoms with Gasteiger partial charge in [0.1, 0.15) is 5.82 Å². The molecule has 0 radical (unpaired) electrons. The highest BCUT2D eigenvalue weighted by atomic mass is 16.5. The van der Waals surface area contributed by atoms with E-state index in [9.17, 15) is 4.79 Å².